The minimum Gasteiger partial charge on any atom is -0.545 e. The fourth-order valence-corrected chi connectivity index (χ4v) is 1.95. The van der Waals surface area contributed by atoms with E-state index in [2.05, 4.69) is 5.10 Å². The van der Waals surface area contributed by atoms with Crippen molar-refractivity contribution < 1.29 is 14.4 Å². The third-order valence-electron chi connectivity index (χ3n) is 2.83. The van der Waals surface area contributed by atoms with Gasteiger partial charge in [-0.1, -0.05) is 10.6 Å². The van der Waals surface area contributed by atoms with Gasteiger partial charge in [0, 0.05) is 12.1 Å². The Balaban J connectivity index is 2.49. The van der Waals surface area contributed by atoms with E-state index in [4.69, 9.17) is 0 Å². The van der Waals surface area contributed by atoms with Crippen LogP contribution in [0.15, 0.2) is 47.4 Å². The van der Waals surface area contributed by atoms with Crippen molar-refractivity contribution in [1.82, 2.24) is 5.10 Å². The lowest BCUT2D eigenvalue weighted by atomic mass is 10.1. The van der Waals surface area contributed by atoms with Gasteiger partial charge >= 0.3 is 0 Å². The zero-order valence-electron chi connectivity index (χ0n) is 9.21. The number of carbonyl (C=O) groups is 1. The van der Waals surface area contributed by atoms with Crippen LogP contribution in [0.5, 0.6) is 0 Å². The molecule has 0 bridgehead atoms. The van der Waals surface area contributed by atoms with Crippen LogP contribution < -0.4 is 15.1 Å². The van der Waals surface area contributed by atoms with Gasteiger partial charge in [0.05, 0.1) is 11.4 Å². The lowest BCUT2D eigenvalue weighted by molar-refractivity contribution is -0.578. The lowest BCUT2D eigenvalue weighted by Crippen LogP contribution is -2.32. The summed E-state index contributed by atoms with van der Waals surface area (Å²) < 4.78 is 1.60. The molecule has 0 unspecified atom stereocenters. The molecular formula is C13H8N2O3. The van der Waals surface area contributed by atoms with Gasteiger partial charge in [-0.15, -0.1) is 0 Å². The first-order chi connectivity index (χ1) is 8.66. The molecule has 0 radical (unpaired) electrons. The van der Waals surface area contributed by atoms with Crippen molar-refractivity contribution in [2.24, 2.45) is 0 Å². The molecule has 0 saturated heterocycles. The van der Waals surface area contributed by atoms with Crippen molar-refractivity contribution in [1.29, 1.82) is 0 Å². The molecule has 0 spiro atoms. The van der Waals surface area contributed by atoms with Crippen LogP contribution in [0.3, 0.4) is 0 Å². The molecule has 5 nitrogen and oxygen atoms in total. The van der Waals surface area contributed by atoms with Crippen molar-refractivity contribution >= 4 is 22.4 Å². The average molecular weight is 240 g/mol. The quantitative estimate of drug-likeness (QED) is 0.465. The van der Waals surface area contributed by atoms with Crippen molar-refractivity contribution in [2.45, 2.75) is 0 Å². The van der Waals surface area contributed by atoms with Crippen LogP contribution in [0.25, 0.3) is 16.4 Å². The summed E-state index contributed by atoms with van der Waals surface area (Å²) in [6, 6.07) is 9.51. The Hall–Kier alpha value is -2.69. The lowest BCUT2D eigenvalue weighted by Gasteiger charge is -2.02. The molecule has 3 rings (SSSR count). The predicted octanol–water partition coefficient (Wildman–Crippen LogP) is -0.370. The molecule has 88 valence electrons. The third-order valence-corrected chi connectivity index (χ3v) is 2.83. The molecule has 0 fully saturated rings. The topological polar surface area (TPSA) is 77.1 Å². The van der Waals surface area contributed by atoms with Gasteiger partial charge in [0.15, 0.2) is 0 Å². The predicted molar refractivity (Wildman–Crippen MR) is 62.1 cm³/mol. The summed E-state index contributed by atoms with van der Waals surface area (Å²) in [5.41, 5.74) is 0.815. The molecule has 0 aliphatic carbocycles. The SMILES string of the molecule is O=C([O-])c1ccc2[nH][n+]3ccccc3c(=O)c2c1. The number of carbonyl (C=O) groups excluding carboxylic acids is 1. The van der Waals surface area contributed by atoms with Crippen LogP contribution in [0.4, 0.5) is 0 Å². The van der Waals surface area contributed by atoms with Gasteiger partial charge in [0.25, 0.3) is 10.9 Å². The largest absolute Gasteiger partial charge is 0.545 e. The Morgan fingerprint density at radius 3 is 2.83 bits per heavy atom. The minimum atomic E-state index is -1.29. The Bertz CT molecular complexity index is 836. The first kappa shape index (κ1) is 10.5. The number of fused-ring (bicyclic) bond motifs is 2. The number of aromatic carboxylic acids is 1. The number of nitrogens with one attached hydrogen (secondary N) is 1. The van der Waals surface area contributed by atoms with E-state index in [1.54, 1.807) is 35.0 Å². The molecule has 18 heavy (non-hydrogen) atoms. The second-order valence-electron chi connectivity index (χ2n) is 3.94. The number of rotatable bonds is 1. The first-order valence-electron chi connectivity index (χ1n) is 5.34. The van der Waals surface area contributed by atoms with E-state index in [-0.39, 0.29) is 11.0 Å². The highest BCUT2D eigenvalue weighted by Gasteiger charge is 2.11. The van der Waals surface area contributed by atoms with Crippen LogP contribution >= 0.6 is 0 Å². The Morgan fingerprint density at radius 1 is 1.22 bits per heavy atom. The van der Waals surface area contributed by atoms with E-state index in [0.29, 0.717) is 16.4 Å². The zero-order valence-corrected chi connectivity index (χ0v) is 9.21. The monoisotopic (exact) mass is 240 g/mol. The molecule has 1 N–H and O–H groups in total. The third kappa shape index (κ3) is 1.45. The fraction of sp³-hybridized carbons (Fsp3) is 0. The number of carboxylic acid groups (broad SMARTS) is 1. The van der Waals surface area contributed by atoms with E-state index < -0.39 is 5.97 Å². The number of H-pyrrole nitrogens is 1. The summed E-state index contributed by atoms with van der Waals surface area (Å²) >= 11 is 0. The molecule has 3 aromatic rings. The molecule has 0 aliphatic heterocycles. The number of aromatic nitrogens is 2. The smallest absolute Gasteiger partial charge is 0.283 e. The molecule has 0 atom stereocenters. The number of aromatic amines is 1. The van der Waals surface area contributed by atoms with E-state index in [0.717, 1.165) is 0 Å². The molecular weight excluding hydrogens is 232 g/mol. The number of hydrogen-bond donors (Lipinski definition) is 1. The van der Waals surface area contributed by atoms with Crippen molar-refractivity contribution in [3.63, 3.8) is 0 Å². The number of hydrogen-bond acceptors (Lipinski definition) is 3. The van der Waals surface area contributed by atoms with Gasteiger partial charge < -0.3 is 9.90 Å². The van der Waals surface area contributed by atoms with Crippen LogP contribution in [0.2, 0.25) is 0 Å². The van der Waals surface area contributed by atoms with Gasteiger partial charge in [-0.2, -0.15) is 5.10 Å². The number of carboxylic acids is 1. The molecule has 0 saturated carbocycles. The second-order valence-corrected chi connectivity index (χ2v) is 3.94. The fourth-order valence-electron chi connectivity index (χ4n) is 1.95. The highest BCUT2D eigenvalue weighted by Crippen LogP contribution is 2.09. The summed E-state index contributed by atoms with van der Waals surface area (Å²) in [4.78, 5) is 23.0. The standard InChI is InChI=1S/C13H8N2O3/c16-12-9-7-8(13(17)18)4-5-10(9)14-15-6-2-1-3-11(12)15/h1-7H,(H-,14,16,17,18). The summed E-state index contributed by atoms with van der Waals surface area (Å²) in [6.07, 6.45) is 1.73. The average Bonchev–Trinajstić information content (AvgIpc) is 2.38. The van der Waals surface area contributed by atoms with E-state index >= 15 is 0 Å². The van der Waals surface area contributed by atoms with Crippen LogP contribution in [-0.2, 0) is 0 Å². The summed E-state index contributed by atoms with van der Waals surface area (Å²) in [6.45, 7) is 0. The first-order valence-corrected chi connectivity index (χ1v) is 5.34. The minimum absolute atomic E-state index is 0.00622. The van der Waals surface area contributed by atoms with E-state index in [1.165, 1.54) is 12.1 Å². The van der Waals surface area contributed by atoms with Crippen LogP contribution in [0.1, 0.15) is 10.4 Å². The van der Waals surface area contributed by atoms with Gasteiger partial charge in [0.1, 0.15) is 5.52 Å². The second kappa shape index (κ2) is 3.66. The van der Waals surface area contributed by atoms with E-state index in [9.17, 15) is 14.7 Å². The Morgan fingerprint density at radius 2 is 2.06 bits per heavy atom. The summed E-state index contributed by atoms with van der Waals surface area (Å²) in [5, 5.41) is 14.1. The van der Waals surface area contributed by atoms with Crippen molar-refractivity contribution in [3.8, 4) is 0 Å². The van der Waals surface area contributed by atoms with Gasteiger partial charge in [-0.3, -0.25) is 4.79 Å². The highest BCUT2D eigenvalue weighted by atomic mass is 16.4. The maximum absolute atomic E-state index is 12.2. The Labute approximate surface area is 101 Å². The highest BCUT2D eigenvalue weighted by molar-refractivity contribution is 5.92. The van der Waals surface area contributed by atoms with Gasteiger partial charge in [-0.05, 0) is 23.8 Å². The maximum atomic E-state index is 12.2. The molecule has 5 heteroatoms. The Kier molecular flexibility index (Phi) is 2.13. The van der Waals surface area contributed by atoms with E-state index in [1.807, 2.05) is 0 Å². The summed E-state index contributed by atoms with van der Waals surface area (Å²) in [5.74, 6) is -1.29. The van der Waals surface area contributed by atoms with Crippen molar-refractivity contribution in [2.75, 3.05) is 0 Å². The maximum Gasteiger partial charge on any atom is 0.283 e. The number of pyridine rings is 1. The molecule has 2 aromatic heterocycles. The molecule has 1 aromatic carbocycles. The van der Waals surface area contributed by atoms with Crippen molar-refractivity contribution in [3.05, 3.63) is 58.4 Å². The number of benzene rings is 1. The molecule has 0 amide bonds. The van der Waals surface area contributed by atoms with Gasteiger partial charge in [0.2, 0.25) is 6.20 Å². The number of nitrogens with zero attached hydrogens (tertiary/aromatic N) is 1. The van der Waals surface area contributed by atoms with Crippen LogP contribution in [-0.4, -0.2) is 11.1 Å². The van der Waals surface area contributed by atoms with Gasteiger partial charge in [-0.25, -0.2) is 0 Å². The van der Waals surface area contributed by atoms with Crippen LogP contribution in [0, 0.1) is 0 Å². The molecule has 2 heterocycles. The molecule has 0 aliphatic rings. The summed E-state index contributed by atoms with van der Waals surface area (Å²) in [7, 11) is 0. The zero-order chi connectivity index (χ0) is 12.7. The normalized spacial score (nSPS) is 10.9.